The van der Waals surface area contributed by atoms with E-state index in [0.29, 0.717) is 5.56 Å². The summed E-state index contributed by atoms with van der Waals surface area (Å²) in [5, 5.41) is 12.3. The number of halogens is 2. The Labute approximate surface area is 165 Å². The number of hydrogen-bond acceptors (Lipinski definition) is 3. The molecular formula is C19H34Cl2N2O2. The number of rotatable bonds is 13. The SMILES string of the molecule is CCCCN(CCCC)CCCNCc1ccc(C(=O)O)cc1.Cl.Cl. The summed E-state index contributed by atoms with van der Waals surface area (Å²) >= 11 is 0. The summed E-state index contributed by atoms with van der Waals surface area (Å²) in [6, 6.07) is 7.09. The van der Waals surface area contributed by atoms with Crippen molar-refractivity contribution in [3.05, 3.63) is 35.4 Å². The first-order chi connectivity index (χ1) is 11.2. The molecule has 0 heterocycles. The topological polar surface area (TPSA) is 52.6 Å². The van der Waals surface area contributed by atoms with Crippen molar-refractivity contribution in [2.75, 3.05) is 26.2 Å². The third-order valence-corrected chi connectivity index (χ3v) is 4.01. The highest BCUT2D eigenvalue weighted by Gasteiger charge is 2.04. The smallest absolute Gasteiger partial charge is 0.335 e. The molecule has 0 aromatic heterocycles. The fraction of sp³-hybridized carbons (Fsp3) is 0.632. The minimum atomic E-state index is -0.872. The lowest BCUT2D eigenvalue weighted by atomic mass is 10.1. The Hall–Kier alpha value is -0.810. The van der Waals surface area contributed by atoms with Gasteiger partial charge in [-0.2, -0.15) is 0 Å². The molecule has 2 N–H and O–H groups in total. The van der Waals surface area contributed by atoms with Crippen LogP contribution in [-0.4, -0.2) is 42.2 Å². The Morgan fingerprint density at radius 2 is 1.48 bits per heavy atom. The van der Waals surface area contributed by atoms with Gasteiger partial charge in [0.15, 0.2) is 0 Å². The number of carbonyl (C=O) groups is 1. The van der Waals surface area contributed by atoms with Crippen molar-refractivity contribution < 1.29 is 9.90 Å². The van der Waals surface area contributed by atoms with Gasteiger partial charge in [0.1, 0.15) is 0 Å². The quantitative estimate of drug-likeness (QED) is 0.481. The van der Waals surface area contributed by atoms with E-state index in [1.165, 1.54) is 38.8 Å². The van der Waals surface area contributed by atoms with Gasteiger partial charge in [0, 0.05) is 6.54 Å². The van der Waals surface area contributed by atoms with Crippen molar-refractivity contribution in [1.82, 2.24) is 10.2 Å². The summed E-state index contributed by atoms with van der Waals surface area (Å²) < 4.78 is 0. The van der Waals surface area contributed by atoms with E-state index < -0.39 is 5.97 Å². The van der Waals surface area contributed by atoms with Crippen LogP contribution in [0.15, 0.2) is 24.3 Å². The van der Waals surface area contributed by atoms with Crippen LogP contribution >= 0.6 is 24.8 Å². The van der Waals surface area contributed by atoms with Gasteiger partial charge >= 0.3 is 5.97 Å². The average molecular weight is 393 g/mol. The molecule has 0 radical (unpaired) electrons. The predicted molar refractivity (Wildman–Crippen MR) is 110 cm³/mol. The highest BCUT2D eigenvalue weighted by molar-refractivity contribution is 5.87. The maximum absolute atomic E-state index is 10.8. The minimum Gasteiger partial charge on any atom is -0.478 e. The monoisotopic (exact) mass is 392 g/mol. The third kappa shape index (κ3) is 12.2. The van der Waals surface area contributed by atoms with E-state index in [1.807, 2.05) is 12.1 Å². The second-order valence-corrected chi connectivity index (χ2v) is 6.08. The highest BCUT2D eigenvalue weighted by Crippen LogP contribution is 2.04. The lowest BCUT2D eigenvalue weighted by molar-refractivity contribution is 0.0697. The Balaban J connectivity index is 0. The molecule has 0 fully saturated rings. The van der Waals surface area contributed by atoms with Crippen LogP contribution in [0.4, 0.5) is 0 Å². The molecule has 0 aliphatic heterocycles. The van der Waals surface area contributed by atoms with Crippen LogP contribution in [-0.2, 0) is 6.54 Å². The molecule has 0 saturated heterocycles. The Bertz CT molecular complexity index is 434. The van der Waals surface area contributed by atoms with Gasteiger partial charge in [-0.1, -0.05) is 38.8 Å². The first kappa shape index (κ1) is 26.4. The molecule has 4 nitrogen and oxygen atoms in total. The van der Waals surface area contributed by atoms with Crippen molar-refractivity contribution >= 4 is 30.8 Å². The van der Waals surface area contributed by atoms with Crippen molar-refractivity contribution in [3.63, 3.8) is 0 Å². The second kappa shape index (κ2) is 16.6. The van der Waals surface area contributed by atoms with E-state index in [1.54, 1.807) is 12.1 Å². The molecule has 25 heavy (non-hydrogen) atoms. The van der Waals surface area contributed by atoms with E-state index in [9.17, 15) is 4.79 Å². The first-order valence-corrected chi connectivity index (χ1v) is 8.92. The molecule has 1 rings (SSSR count). The third-order valence-electron chi connectivity index (χ3n) is 4.01. The first-order valence-electron chi connectivity index (χ1n) is 8.92. The van der Waals surface area contributed by atoms with Crippen molar-refractivity contribution in [3.8, 4) is 0 Å². The van der Waals surface area contributed by atoms with E-state index in [0.717, 1.165) is 31.6 Å². The number of carboxylic acid groups (broad SMARTS) is 1. The van der Waals surface area contributed by atoms with Crippen molar-refractivity contribution in [1.29, 1.82) is 0 Å². The van der Waals surface area contributed by atoms with Crippen LogP contribution in [0.2, 0.25) is 0 Å². The Morgan fingerprint density at radius 3 is 1.96 bits per heavy atom. The van der Waals surface area contributed by atoms with Crippen LogP contribution in [0, 0.1) is 0 Å². The molecule has 0 unspecified atom stereocenters. The Morgan fingerprint density at radius 1 is 0.960 bits per heavy atom. The summed E-state index contributed by atoms with van der Waals surface area (Å²) in [6.07, 6.45) is 6.24. The zero-order valence-corrected chi connectivity index (χ0v) is 17.1. The largest absolute Gasteiger partial charge is 0.478 e. The van der Waals surface area contributed by atoms with Crippen LogP contribution < -0.4 is 5.32 Å². The summed E-state index contributed by atoms with van der Waals surface area (Å²) in [7, 11) is 0. The number of nitrogens with zero attached hydrogens (tertiary/aromatic N) is 1. The van der Waals surface area contributed by atoms with E-state index >= 15 is 0 Å². The highest BCUT2D eigenvalue weighted by atomic mass is 35.5. The fourth-order valence-electron chi connectivity index (χ4n) is 2.52. The second-order valence-electron chi connectivity index (χ2n) is 6.08. The van der Waals surface area contributed by atoms with Gasteiger partial charge in [-0.15, -0.1) is 24.8 Å². The van der Waals surface area contributed by atoms with Gasteiger partial charge in [0.25, 0.3) is 0 Å². The molecule has 0 aliphatic rings. The summed E-state index contributed by atoms with van der Waals surface area (Å²) in [5.74, 6) is -0.872. The molecular weight excluding hydrogens is 359 g/mol. The van der Waals surface area contributed by atoms with Crippen LogP contribution in [0.5, 0.6) is 0 Å². The van der Waals surface area contributed by atoms with Crippen LogP contribution in [0.25, 0.3) is 0 Å². The predicted octanol–water partition coefficient (Wildman–Crippen LogP) is 4.61. The minimum absolute atomic E-state index is 0. The molecule has 0 spiro atoms. The summed E-state index contributed by atoms with van der Waals surface area (Å²) in [5.41, 5.74) is 1.47. The number of unbranched alkanes of at least 4 members (excludes halogenated alkanes) is 2. The van der Waals surface area contributed by atoms with Gasteiger partial charge in [0.2, 0.25) is 0 Å². The molecule has 146 valence electrons. The van der Waals surface area contributed by atoms with Crippen molar-refractivity contribution in [2.45, 2.75) is 52.5 Å². The van der Waals surface area contributed by atoms with E-state index in [2.05, 4.69) is 24.1 Å². The van der Waals surface area contributed by atoms with Gasteiger partial charge in [-0.25, -0.2) is 4.79 Å². The zero-order chi connectivity index (χ0) is 16.9. The number of benzene rings is 1. The van der Waals surface area contributed by atoms with Crippen LogP contribution in [0.3, 0.4) is 0 Å². The molecule has 0 aliphatic carbocycles. The normalized spacial score (nSPS) is 10.2. The summed E-state index contributed by atoms with van der Waals surface area (Å²) in [6.45, 7) is 9.87. The molecule has 1 aromatic carbocycles. The molecule has 0 bridgehead atoms. The number of hydrogen-bond donors (Lipinski definition) is 2. The average Bonchev–Trinajstić information content (AvgIpc) is 2.56. The van der Waals surface area contributed by atoms with E-state index in [-0.39, 0.29) is 24.8 Å². The maximum atomic E-state index is 10.8. The van der Waals surface area contributed by atoms with Gasteiger partial charge in [0.05, 0.1) is 5.56 Å². The molecule has 0 saturated carbocycles. The number of nitrogens with one attached hydrogen (secondary N) is 1. The lowest BCUT2D eigenvalue weighted by Crippen LogP contribution is -2.29. The molecule has 1 aromatic rings. The van der Waals surface area contributed by atoms with Crippen LogP contribution in [0.1, 0.15) is 61.9 Å². The number of aromatic carboxylic acids is 1. The van der Waals surface area contributed by atoms with Gasteiger partial charge < -0.3 is 15.3 Å². The zero-order valence-electron chi connectivity index (χ0n) is 15.5. The Kier molecular flexibility index (Phi) is 17.6. The maximum Gasteiger partial charge on any atom is 0.335 e. The van der Waals surface area contributed by atoms with Crippen molar-refractivity contribution in [2.24, 2.45) is 0 Å². The van der Waals surface area contributed by atoms with E-state index in [4.69, 9.17) is 5.11 Å². The number of carboxylic acids is 1. The molecule has 0 atom stereocenters. The molecule has 0 amide bonds. The lowest BCUT2D eigenvalue weighted by Gasteiger charge is -2.21. The standard InChI is InChI=1S/C19H32N2O2.2ClH/c1-3-5-13-21(14-6-4-2)15-7-12-20-16-17-8-10-18(11-9-17)19(22)23;;/h8-11,20H,3-7,12-16H2,1-2H3,(H,22,23);2*1H. The van der Waals surface area contributed by atoms with Gasteiger partial charge in [-0.05, 0) is 63.1 Å². The fourth-order valence-corrected chi connectivity index (χ4v) is 2.52. The summed E-state index contributed by atoms with van der Waals surface area (Å²) in [4.78, 5) is 13.4. The molecule has 6 heteroatoms. The van der Waals surface area contributed by atoms with Gasteiger partial charge in [-0.3, -0.25) is 0 Å².